The molecular formula is C24H33BrN2O. The number of aliphatic hydroxyl groups excluding tert-OH is 1. The molecule has 2 fully saturated rings. The molecule has 152 valence electrons. The van der Waals surface area contributed by atoms with Crippen molar-refractivity contribution in [3.63, 3.8) is 0 Å². The number of hydrogen-bond acceptors (Lipinski definition) is 3. The van der Waals surface area contributed by atoms with Crippen LogP contribution in [0.2, 0.25) is 0 Å². The van der Waals surface area contributed by atoms with Crippen LogP contribution >= 0.6 is 15.9 Å². The molecule has 0 unspecified atom stereocenters. The molecule has 2 saturated carbocycles. The van der Waals surface area contributed by atoms with Crippen molar-refractivity contribution < 1.29 is 5.11 Å². The van der Waals surface area contributed by atoms with Gasteiger partial charge in [0.2, 0.25) is 0 Å². The lowest BCUT2D eigenvalue weighted by Crippen LogP contribution is -2.01. The average molecular weight is 445 g/mol. The van der Waals surface area contributed by atoms with E-state index in [0.717, 1.165) is 16.8 Å². The Balaban J connectivity index is 0.000000161. The Kier molecular flexibility index (Phi) is 8.04. The maximum absolute atomic E-state index is 8.98. The van der Waals surface area contributed by atoms with Crippen molar-refractivity contribution in [2.75, 3.05) is 0 Å². The normalized spacial score (nSPS) is 17.6. The van der Waals surface area contributed by atoms with Gasteiger partial charge in [-0.05, 0) is 61.8 Å². The van der Waals surface area contributed by atoms with Gasteiger partial charge < -0.3 is 5.11 Å². The van der Waals surface area contributed by atoms with Gasteiger partial charge in [0.25, 0.3) is 0 Å². The maximum Gasteiger partial charge on any atom is 0.0696 e. The Hall–Kier alpha value is -1.26. The summed E-state index contributed by atoms with van der Waals surface area (Å²) >= 11 is 3.46. The Morgan fingerprint density at radius 2 is 1.25 bits per heavy atom. The minimum Gasteiger partial charge on any atom is -0.392 e. The Bertz CT molecular complexity index is 700. The van der Waals surface area contributed by atoms with Gasteiger partial charge >= 0.3 is 0 Å². The Morgan fingerprint density at radius 1 is 0.821 bits per heavy atom. The fraction of sp³-hybridized carbons (Fsp3) is 0.583. The molecule has 2 aromatic heterocycles. The number of aliphatic hydroxyl groups is 1. The fourth-order valence-electron chi connectivity index (χ4n) is 4.70. The molecule has 2 aliphatic rings. The number of alkyl halides is 1. The topological polar surface area (TPSA) is 46.0 Å². The zero-order valence-electron chi connectivity index (χ0n) is 17.3. The van der Waals surface area contributed by atoms with Gasteiger partial charge in [0.1, 0.15) is 0 Å². The average Bonchev–Trinajstić information content (AvgIpc) is 3.42. The summed E-state index contributed by atoms with van der Waals surface area (Å²) in [6.07, 6.45) is 14.5. The van der Waals surface area contributed by atoms with E-state index in [1.807, 2.05) is 6.20 Å². The number of hydrogen-bond donors (Lipinski definition) is 1. The molecule has 2 aliphatic carbocycles. The highest BCUT2D eigenvalue weighted by Gasteiger charge is 2.20. The number of rotatable bonds is 4. The summed E-state index contributed by atoms with van der Waals surface area (Å²) < 4.78 is 0. The van der Waals surface area contributed by atoms with Crippen LogP contribution in [0.4, 0.5) is 0 Å². The monoisotopic (exact) mass is 444 g/mol. The summed E-state index contributed by atoms with van der Waals surface area (Å²) in [6.45, 7) is 4.38. The van der Waals surface area contributed by atoms with Gasteiger partial charge in [-0.3, -0.25) is 9.97 Å². The minimum absolute atomic E-state index is 0.0960. The summed E-state index contributed by atoms with van der Waals surface area (Å²) in [4.78, 5) is 9.07. The summed E-state index contributed by atoms with van der Waals surface area (Å²) in [5, 5.41) is 9.89. The van der Waals surface area contributed by atoms with Crippen LogP contribution in [0.5, 0.6) is 0 Å². The van der Waals surface area contributed by atoms with E-state index >= 15 is 0 Å². The van der Waals surface area contributed by atoms with E-state index in [1.165, 1.54) is 79.4 Å². The fourth-order valence-corrected chi connectivity index (χ4v) is 5.01. The molecule has 0 aliphatic heterocycles. The van der Waals surface area contributed by atoms with Crippen molar-refractivity contribution >= 4 is 15.9 Å². The first-order valence-corrected chi connectivity index (χ1v) is 11.8. The predicted molar refractivity (Wildman–Crippen MR) is 119 cm³/mol. The lowest BCUT2D eigenvalue weighted by molar-refractivity contribution is 0.281. The first-order valence-electron chi connectivity index (χ1n) is 10.7. The number of aryl methyl sites for hydroxylation is 2. The lowest BCUT2D eigenvalue weighted by atomic mass is 9.98. The molecule has 0 bridgehead atoms. The van der Waals surface area contributed by atoms with Gasteiger partial charge in [-0.1, -0.05) is 53.7 Å². The molecule has 2 aromatic rings. The van der Waals surface area contributed by atoms with Gasteiger partial charge in [0, 0.05) is 40.9 Å². The van der Waals surface area contributed by atoms with Crippen LogP contribution in [0.25, 0.3) is 0 Å². The Labute approximate surface area is 178 Å². The summed E-state index contributed by atoms with van der Waals surface area (Å²) in [5.74, 6) is 1.40. The molecule has 4 heteroatoms. The van der Waals surface area contributed by atoms with E-state index in [2.05, 4.69) is 51.9 Å². The van der Waals surface area contributed by atoms with E-state index in [0.29, 0.717) is 5.92 Å². The van der Waals surface area contributed by atoms with Crippen LogP contribution in [0.15, 0.2) is 24.5 Å². The van der Waals surface area contributed by atoms with E-state index in [-0.39, 0.29) is 6.61 Å². The summed E-state index contributed by atoms with van der Waals surface area (Å²) in [7, 11) is 0. The second kappa shape index (κ2) is 10.5. The smallest absolute Gasteiger partial charge is 0.0696 e. The molecule has 0 aromatic carbocycles. The van der Waals surface area contributed by atoms with Crippen molar-refractivity contribution in [2.45, 2.75) is 89.0 Å². The molecule has 1 N–H and O–H groups in total. The van der Waals surface area contributed by atoms with Crippen molar-refractivity contribution in [3.05, 3.63) is 58.2 Å². The van der Waals surface area contributed by atoms with Crippen LogP contribution in [0.1, 0.15) is 96.8 Å². The molecule has 0 atom stereocenters. The maximum atomic E-state index is 8.98. The van der Waals surface area contributed by atoms with Crippen LogP contribution in [-0.2, 0) is 11.9 Å². The van der Waals surface area contributed by atoms with Crippen LogP contribution in [0, 0.1) is 13.8 Å². The van der Waals surface area contributed by atoms with Crippen molar-refractivity contribution in [2.24, 2.45) is 0 Å². The van der Waals surface area contributed by atoms with Crippen LogP contribution in [-0.4, -0.2) is 15.1 Å². The molecule has 4 rings (SSSR count). The largest absolute Gasteiger partial charge is 0.392 e. The van der Waals surface area contributed by atoms with Crippen molar-refractivity contribution in [3.8, 4) is 0 Å². The van der Waals surface area contributed by atoms with E-state index in [1.54, 1.807) is 6.20 Å². The highest BCUT2D eigenvalue weighted by atomic mass is 79.9. The van der Waals surface area contributed by atoms with Gasteiger partial charge in [-0.25, -0.2) is 0 Å². The molecule has 0 saturated heterocycles. The third-order valence-corrected chi connectivity index (χ3v) is 6.82. The highest BCUT2D eigenvalue weighted by molar-refractivity contribution is 9.08. The third-order valence-electron chi connectivity index (χ3n) is 6.17. The van der Waals surface area contributed by atoms with E-state index < -0.39 is 0 Å². The quantitative estimate of drug-likeness (QED) is 0.548. The highest BCUT2D eigenvalue weighted by Crippen LogP contribution is 2.35. The standard InChI is InChI=1S/C12H16BrN.C12H17NO/c1-9-6-10(7-13)8-14-12(9)11-4-2-3-5-11;1-9-6-10(8-14)7-13-12(9)11-4-2-3-5-11/h6,8,11H,2-5,7H2,1H3;6-7,11,14H,2-5,8H2,1H3. The van der Waals surface area contributed by atoms with Crippen molar-refractivity contribution in [1.29, 1.82) is 0 Å². The van der Waals surface area contributed by atoms with Crippen LogP contribution < -0.4 is 0 Å². The molecule has 2 heterocycles. The second-order valence-electron chi connectivity index (χ2n) is 8.35. The van der Waals surface area contributed by atoms with Crippen molar-refractivity contribution in [1.82, 2.24) is 9.97 Å². The Morgan fingerprint density at radius 3 is 1.64 bits per heavy atom. The second-order valence-corrected chi connectivity index (χ2v) is 8.91. The minimum atomic E-state index is 0.0960. The number of halogens is 1. The third kappa shape index (κ3) is 5.42. The van der Waals surface area contributed by atoms with E-state index in [4.69, 9.17) is 5.11 Å². The van der Waals surface area contributed by atoms with Gasteiger partial charge in [0.15, 0.2) is 0 Å². The lowest BCUT2D eigenvalue weighted by Gasteiger charge is -2.12. The zero-order chi connectivity index (χ0) is 19.9. The number of pyridine rings is 2. The molecule has 28 heavy (non-hydrogen) atoms. The van der Waals surface area contributed by atoms with Gasteiger partial charge in [-0.15, -0.1) is 0 Å². The zero-order valence-corrected chi connectivity index (χ0v) is 18.8. The van der Waals surface area contributed by atoms with Gasteiger partial charge in [-0.2, -0.15) is 0 Å². The molecular weight excluding hydrogens is 412 g/mol. The van der Waals surface area contributed by atoms with E-state index in [9.17, 15) is 0 Å². The molecule has 0 spiro atoms. The predicted octanol–water partition coefficient (Wildman–Crippen LogP) is 6.48. The van der Waals surface area contributed by atoms with Crippen LogP contribution in [0.3, 0.4) is 0 Å². The van der Waals surface area contributed by atoms with Gasteiger partial charge in [0.05, 0.1) is 6.61 Å². The summed E-state index contributed by atoms with van der Waals surface area (Å²) in [5.41, 5.74) is 7.40. The SMILES string of the molecule is Cc1cc(CBr)cnc1C1CCCC1.Cc1cc(CO)cnc1C1CCCC1. The first kappa shape index (κ1) is 21.4. The number of aromatic nitrogens is 2. The first-order chi connectivity index (χ1) is 13.6. The molecule has 3 nitrogen and oxygen atoms in total. The summed E-state index contributed by atoms with van der Waals surface area (Å²) in [6, 6.07) is 4.32. The molecule has 0 amide bonds. The number of nitrogens with zero attached hydrogens (tertiary/aromatic N) is 2. The molecule has 0 radical (unpaired) electrons.